The summed E-state index contributed by atoms with van der Waals surface area (Å²) in [6, 6.07) is 40.3. The van der Waals surface area contributed by atoms with Crippen LogP contribution in [-0.2, 0) is 0 Å². The van der Waals surface area contributed by atoms with Crippen molar-refractivity contribution in [3.63, 3.8) is 0 Å². The molecule has 3 aliphatic rings. The minimum Gasteiger partial charge on any atom is -0.216 e. The second kappa shape index (κ2) is 6.56. The predicted octanol–water partition coefficient (Wildman–Crippen LogP) is 6.11. The molecule has 0 amide bonds. The molecule has 1 heteroatoms. The summed E-state index contributed by atoms with van der Waals surface area (Å²) < 4.78 is 2.60. The lowest BCUT2D eigenvalue weighted by Gasteiger charge is -2.43. The molecule has 7 rings (SSSR count). The van der Waals surface area contributed by atoms with Gasteiger partial charge in [0.1, 0.15) is 0 Å². The molecule has 0 saturated heterocycles. The van der Waals surface area contributed by atoms with Crippen molar-refractivity contribution in [2.24, 2.45) is 0 Å². The predicted molar refractivity (Wildman–Crippen MR) is 118 cm³/mol. The zero-order chi connectivity index (χ0) is 19.2. The molecule has 1 atom stereocenters. The van der Waals surface area contributed by atoms with Gasteiger partial charge in [-0.25, -0.2) is 4.58 Å². The number of hydrogen-bond acceptors (Lipinski definition) is 0. The maximum Gasteiger partial charge on any atom is 0.204 e. The number of hydrogen-bond donors (Lipinski definition) is 0. The minimum absolute atomic E-state index is 0.234. The van der Waals surface area contributed by atoms with Crippen LogP contribution < -0.4 is 0 Å². The Morgan fingerprint density at radius 3 is 1.59 bits per heavy atom. The molecule has 0 aromatic heterocycles. The monoisotopic (exact) mass is 372 g/mol. The fourth-order valence-corrected chi connectivity index (χ4v) is 5.30. The zero-order valence-electron chi connectivity index (χ0n) is 16.1. The van der Waals surface area contributed by atoms with E-state index in [-0.39, 0.29) is 12.1 Å². The van der Waals surface area contributed by atoms with Gasteiger partial charge in [-0.1, -0.05) is 97.1 Å². The van der Waals surface area contributed by atoms with Crippen molar-refractivity contribution in [2.45, 2.75) is 18.0 Å². The van der Waals surface area contributed by atoms with E-state index < -0.39 is 0 Å². The van der Waals surface area contributed by atoms with Crippen LogP contribution in [0.4, 0.5) is 0 Å². The summed E-state index contributed by atoms with van der Waals surface area (Å²) in [5, 5.41) is 0. The van der Waals surface area contributed by atoms with E-state index >= 15 is 0 Å². The number of benzene rings is 4. The lowest BCUT2D eigenvalue weighted by molar-refractivity contribution is -0.612. The number of rotatable bonds is 2. The highest BCUT2D eigenvalue weighted by atomic mass is 15.1. The molecule has 29 heavy (non-hydrogen) atoms. The smallest absolute Gasteiger partial charge is 0.204 e. The maximum absolute atomic E-state index is 2.60. The third kappa shape index (κ3) is 2.51. The Bertz CT molecular complexity index is 1160. The average Bonchev–Trinajstić information content (AvgIpc) is 2.80. The first-order valence-corrected chi connectivity index (χ1v) is 10.3. The van der Waals surface area contributed by atoms with Gasteiger partial charge in [0, 0.05) is 22.3 Å². The molecule has 1 nitrogen and oxygen atoms in total. The number of nitrogens with zero attached hydrogens (tertiary/aromatic N) is 1. The second-order valence-electron chi connectivity index (χ2n) is 7.98. The van der Waals surface area contributed by atoms with Crippen LogP contribution in [0.25, 0.3) is 0 Å². The topological polar surface area (TPSA) is 3.01 Å². The molecule has 0 spiro atoms. The van der Waals surface area contributed by atoms with Crippen molar-refractivity contribution in [3.8, 4) is 0 Å². The Morgan fingerprint density at radius 2 is 1.00 bits per heavy atom. The summed E-state index contributed by atoms with van der Waals surface area (Å²) in [5.74, 6) is 0.328. The van der Waals surface area contributed by atoms with E-state index in [4.69, 9.17) is 0 Å². The van der Waals surface area contributed by atoms with Gasteiger partial charge in [-0.3, -0.25) is 0 Å². The van der Waals surface area contributed by atoms with Gasteiger partial charge in [-0.2, -0.15) is 0 Å². The van der Waals surface area contributed by atoms with E-state index in [2.05, 4.69) is 120 Å². The number of fused-ring (bicyclic) bond motifs is 1. The quantitative estimate of drug-likeness (QED) is 0.374. The largest absolute Gasteiger partial charge is 0.216 e. The van der Waals surface area contributed by atoms with Crippen LogP contribution in [0.2, 0.25) is 0 Å². The third-order valence-corrected chi connectivity index (χ3v) is 6.43. The highest BCUT2D eigenvalue weighted by molar-refractivity contribution is 5.76. The Morgan fingerprint density at radius 1 is 0.517 bits per heavy atom. The van der Waals surface area contributed by atoms with Crippen molar-refractivity contribution in [1.29, 1.82) is 0 Å². The lowest BCUT2D eigenvalue weighted by Crippen LogP contribution is -2.41. The fraction of sp³-hybridized carbons (Fsp3) is 0.107. The molecule has 138 valence electrons. The molecular formula is C28H22N+. The average molecular weight is 372 g/mol. The Hall–Kier alpha value is -3.45. The first kappa shape index (κ1) is 16.5. The first-order chi connectivity index (χ1) is 14.4. The molecule has 4 aromatic carbocycles. The van der Waals surface area contributed by atoms with E-state index in [0.29, 0.717) is 5.92 Å². The van der Waals surface area contributed by atoms with E-state index in [1.54, 1.807) is 0 Å². The molecule has 1 aliphatic carbocycles. The van der Waals surface area contributed by atoms with Crippen molar-refractivity contribution < 1.29 is 4.58 Å². The van der Waals surface area contributed by atoms with Crippen molar-refractivity contribution in [3.05, 3.63) is 143 Å². The highest BCUT2D eigenvalue weighted by Crippen LogP contribution is 2.56. The van der Waals surface area contributed by atoms with Gasteiger partial charge in [0.25, 0.3) is 0 Å². The second-order valence-corrected chi connectivity index (χ2v) is 7.98. The Kier molecular flexibility index (Phi) is 3.73. The van der Waals surface area contributed by atoms with Crippen LogP contribution in [0.1, 0.15) is 51.4 Å². The van der Waals surface area contributed by atoms with E-state index in [0.717, 1.165) is 0 Å². The molecule has 2 aliphatic heterocycles. The van der Waals surface area contributed by atoms with Gasteiger partial charge >= 0.3 is 0 Å². The SMILES string of the molecule is C(c1ccccc1)=[N+]1C2c3ccccc3C(c3ccccc32)C1c1ccccc1. The minimum atomic E-state index is 0.234. The zero-order valence-corrected chi connectivity index (χ0v) is 16.1. The molecule has 4 aromatic rings. The Balaban J connectivity index is 1.67. The highest BCUT2D eigenvalue weighted by Gasteiger charge is 2.52. The fourth-order valence-electron chi connectivity index (χ4n) is 5.30. The van der Waals surface area contributed by atoms with E-state index in [9.17, 15) is 0 Å². The van der Waals surface area contributed by atoms with Crippen molar-refractivity contribution in [2.75, 3.05) is 0 Å². The molecule has 0 saturated carbocycles. The normalized spacial score (nSPS) is 22.9. The van der Waals surface area contributed by atoms with E-state index in [1.807, 2.05) is 0 Å². The van der Waals surface area contributed by atoms with Crippen molar-refractivity contribution in [1.82, 2.24) is 0 Å². The summed E-state index contributed by atoms with van der Waals surface area (Å²) in [6.07, 6.45) is 2.36. The molecule has 0 radical (unpaired) electrons. The van der Waals surface area contributed by atoms with E-state index in [1.165, 1.54) is 33.4 Å². The first-order valence-electron chi connectivity index (χ1n) is 10.3. The summed E-state index contributed by atoms with van der Waals surface area (Å²) in [6.45, 7) is 0. The standard InChI is InChI=1S/C28H22N/c1-3-11-20(12-4-1)19-29-27(21-13-5-2-6-14-21)26-22-15-7-9-17-24(22)28(29)25-18-10-8-16-23(25)26/h1-19,26-28H/q+1. The van der Waals surface area contributed by atoms with Crippen LogP contribution in [0.3, 0.4) is 0 Å². The van der Waals surface area contributed by atoms with Crippen LogP contribution in [-0.4, -0.2) is 10.8 Å². The molecular weight excluding hydrogens is 350 g/mol. The van der Waals surface area contributed by atoms with Gasteiger partial charge in [0.2, 0.25) is 6.04 Å². The molecule has 2 heterocycles. The summed E-state index contributed by atoms with van der Waals surface area (Å²) >= 11 is 0. The Labute approximate surface area is 171 Å². The van der Waals surface area contributed by atoms with Gasteiger partial charge < -0.3 is 0 Å². The van der Waals surface area contributed by atoms with Crippen LogP contribution >= 0.6 is 0 Å². The van der Waals surface area contributed by atoms with Crippen molar-refractivity contribution >= 4 is 6.21 Å². The van der Waals surface area contributed by atoms with Gasteiger partial charge in [-0.15, -0.1) is 0 Å². The summed E-state index contributed by atoms with van der Waals surface area (Å²) in [4.78, 5) is 0. The van der Waals surface area contributed by atoms with Crippen LogP contribution in [0, 0.1) is 0 Å². The lowest BCUT2D eigenvalue weighted by atomic mass is 9.66. The summed E-state index contributed by atoms with van der Waals surface area (Å²) in [5.41, 5.74) is 8.45. The van der Waals surface area contributed by atoms with Crippen LogP contribution in [0.15, 0.2) is 109 Å². The molecule has 0 fully saturated rings. The third-order valence-electron chi connectivity index (χ3n) is 6.43. The van der Waals surface area contributed by atoms with Gasteiger partial charge in [0.15, 0.2) is 12.3 Å². The van der Waals surface area contributed by atoms with Gasteiger partial charge in [0.05, 0.1) is 5.92 Å². The molecule has 2 bridgehead atoms. The molecule has 0 N–H and O–H groups in total. The van der Waals surface area contributed by atoms with Gasteiger partial charge in [-0.05, 0) is 23.3 Å². The summed E-state index contributed by atoms with van der Waals surface area (Å²) in [7, 11) is 0. The maximum atomic E-state index is 2.60. The molecule has 1 unspecified atom stereocenters. The van der Waals surface area contributed by atoms with Crippen LogP contribution in [0.5, 0.6) is 0 Å².